The van der Waals surface area contributed by atoms with Crippen molar-refractivity contribution >= 4 is 11.8 Å². The highest BCUT2D eigenvalue weighted by Gasteiger charge is 2.23. The van der Waals surface area contributed by atoms with Gasteiger partial charge in [-0.25, -0.2) is 0 Å². The second kappa shape index (κ2) is 9.05. The molecule has 3 heteroatoms. The number of thioether (sulfide) groups is 1. The number of hydrogen-bond acceptors (Lipinski definition) is 3. The van der Waals surface area contributed by atoms with Crippen LogP contribution in [0.2, 0.25) is 0 Å². The van der Waals surface area contributed by atoms with Crippen LogP contribution in [0.3, 0.4) is 0 Å². The van der Waals surface area contributed by atoms with E-state index < -0.39 is 0 Å². The Hall–Kier alpha value is -0.980. The molecule has 0 radical (unpaired) electrons. The monoisotopic (exact) mass is 290 g/mol. The summed E-state index contributed by atoms with van der Waals surface area (Å²) in [7, 11) is 0. The van der Waals surface area contributed by atoms with E-state index >= 15 is 0 Å². The Balaban J connectivity index is 2.14. The molecule has 0 bridgehead atoms. The normalized spacial score (nSPS) is 13.9. The first-order valence-electron chi connectivity index (χ1n) is 7.36. The molecule has 20 heavy (non-hydrogen) atoms. The molecule has 0 aliphatic heterocycles. The van der Waals surface area contributed by atoms with Crippen LogP contribution in [0.4, 0.5) is 0 Å². The van der Waals surface area contributed by atoms with E-state index in [4.69, 9.17) is 0 Å². The maximum absolute atomic E-state index is 9.27. The SMILES string of the molecule is CC(C)NC(C)(C#N)CCCCSCc1ccccc1. The second-order valence-electron chi connectivity index (χ2n) is 5.74. The fraction of sp³-hybridized carbons (Fsp3) is 0.588. The third-order valence-corrected chi connectivity index (χ3v) is 4.30. The highest BCUT2D eigenvalue weighted by Crippen LogP contribution is 2.17. The van der Waals surface area contributed by atoms with Gasteiger partial charge in [-0.1, -0.05) is 30.3 Å². The zero-order chi connectivity index (χ0) is 14.8. The molecule has 0 spiro atoms. The van der Waals surface area contributed by atoms with Gasteiger partial charge in [-0.3, -0.25) is 5.32 Å². The van der Waals surface area contributed by atoms with Crippen molar-refractivity contribution in [3.8, 4) is 6.07 Å². The number of nitrogens with zero attached hydrogens (tertiary/aromatic N) is 1. The minimum absolute atomic E-state index is 0.354. The third-order valence-electron chi connectivity index (χ3n) is 3.18. The molecule has 0 fully saturated rings. The van der Waals surface area contributed by atoms with Crippen molar-refractivity contribution in [2.24, 2.45) is 0 Å². The highest BCUT2D eigenvalue weighted by atomic mass is 32.2. The zero-order valence-corrected chi connectivity index (χ0v) is 13.7. The van der Waals surface area contributed by atoms with Crippen LogP contribution in [0.5, 0.6) is 0 Å². The van der Waals surface area contributed by atoms with Gasteiger partial charge in [-0.05, 0) is 51.3 Å². The van der Waals surface area contributed by atoms with Crippen LogP contribution in [0.25, 0.3) is 0 Å². The van der Waals surface area contributed by atoms with E-state index in [0.717, 1.165) is 24.3 Å². The predicted octanol–water partition coefficient (Wildman–Crippen LogP) is 4.37. The van der Waals surface area contributed by atoms with Gasteiger partial charge in [0.15, 0.2) is 0 Å². The molecule has 0 aromatic heterocycles. The summed E-state index contributed by atoms with van der Waals surface area (Å²) < 4.78 is 0. The van der Waals surface area contributed by atoms with Gasteiger partial charge < -0.3 is 0 Å². The Kier molecular flexibility index (Phi) is 7.72. The molecule has 1 aromatic carbocycles. The molecule has 1 atom stereocenters. The summed E-state index contributed by atoms with van der Waals surface area (Å²) >= 11 is 1.98. The first-order valence-corrected chi connectivity index (χ1v) is 8.52. The van der Waals surface area contributed by atoms with Crippen LogP contribution < -0.4 is 5.32 Å². The van der Waals surface area contributed by atoms with Gasteiger partial charge in [0.2, 0.25) is 0 Å². The Morgan fingerprint density at radius 2 is 1.95 bits per heavy atom. The van der Waals surface area contributed by atoms with Crippen molar-refractivity contribution in [1.29, 1.82) is 5.26 Å². The average Bonchev–Trinajstić information content (AvgIpc) is 2.43. The summed E-state index contributed by atoms with van der Waals surface area (Å²) in [5, 5.41) is 12.6. The number of benzene rings is 1. The largest absolute Gasteiger partial charge is 0.297 e. The Morgan fingerprint density at radius 1 is 1.25 bits per heavy atom. The molecule has 0 aliphatic rings. The van der Waals surface area contributed by atoms with Gasteiger partial charge in [0.25, 0.3) is 0 Å². The summed E-state index contributed by atoms with van der Waals surface area (Å²) in [4.78, 5) is 0. The topological polar surface area (TPSA) is 35.8 Å². The fourth-order valence-electron chi connectivity index (χ4n) is 2.24. The molecule has 0 saturated carbocycles. The quantitative estimate of drug-likeness (QED) is 0.686. The second-order valence-corrected chi connectivity index (χ2v) is 6.84. The molecule has 2 nitrogen and oxygen atoms in total. The summed E-state index contributed by atoms with van der Waals surface area (Å²) in [5.74, 6) is 2.25. The Labute approximate surface area is 128 Å². The van der Waals surface area contributed by atoms with Crippen molar-refractivity contribution in [3.63, 3.8) is 0 Å². The van der Waals surface area contributed by atoms with E-state index in [0.29, 0.717) is 6.04 Å². The molecule has 1 N–H and O–H groups in total. The average molecular weight is 290 g/mol. The van der Waals surface area contributed by atoms with Gasteiger partial charge in [-0.2, -0.15) is 17.0 Å². The first kappa shape index (κ1) is 17.1. The van der Waals surface area contributed by atoms with Gasteiger partial charge in [0.05, 0.1) is 6.07 Å². The highest BCUT2D eigenvalue weighted by molar-refractivity contribution is 7.98. The van der Waals surface area contributed by atoms with Gasteiger partial charge in [0.1, 0.15) is 5.54 Å². The van der Waals surface area contributed by atoms with Crippen LogP contribution in [0, 0.1) is 11.3 Å². The molecule has 110 valence electrons. The lowest BCUT2D eigenvalue weighted by atomic mass is 9.96. The van der Waals surface area contributed by atoms with E-state index in [1.807, 2.05) is 18.7 Å². The molecular formula is C17H26N2S. The smallest absolute Gasteiger partial charge is 0.104 e. The summed E-state index contributed by atoms with van der Waals surface area (Å²) in [6.07, 6.45) is 3.20. The van der Waals surface area contributed by atoms with E-state index in [1.165, 1.54) is 12.0 Å². The summed E-state index contributed by atoms with van der Waals surface area (Å²) in [6.45, 7) is 6.18. The Morgan fingerprint density at radius 3 is 2.55 bits per heavy atom. The fourth-order valence-corrected chi connectivity index (χ4v) is 3.23. The number of nitrogens with one attached hydrogen (secondary N) is 1. The van der Waals surface area contributed by atoms with Crippen molar-refractivity contribution < 1.29 is 0 Å². The van der Waals surface area contributed by atoms with Gasteiger partial charge in [0, 0.05) is 11.8 Å². The van der Waals surface area contributed by atoms with Crippen molar-refractivity contribution in [1.82, 2.24) is 5.32 Å². The van der Waals surface area contributed by atoms with Crippen molar-refractivity contribution in [3.05, 3.63) is 35.9 Å². The lowest BCUT2D eigenvalue weighted by Crippen LogP contribution is -2.44. The van der Waals surface area contributed by atoms with Gasteiger partial charge in [-0.15, -0.1) is 0 Å². The van der Waals surface area contributed by atoms with Crippen LogP contribution in [-0.2, 0) is 5.75 Å². The van der Waals surface area contributed by atoms with Gasteiger partial charge >= 0.3 is 0 Å². The maximum Gasteiger partial charge on any atom is 0.104 e. The summed E-state index contributed by atoms with van der Waals surface area (Å²) in [6, 6.07) is 13.3. The van der Waals surface area contributed by atoms with Crippen LogP contribution in [0.15, 0.2) is 30.3 Å². The van der Waals surface area contributed by atoms with E-state index in [2.05, 4.69) is 55.6 Å². The van der Waals surface area contributed by atoms with Crippen LogP contribution in [-0.4, -0.2) is 17.3 Å². The van der Waals surface area contributed by atoms with Crippen LogP contribution >= 0.6 is 11.8 Å². The van der Waals surface area contributed by atoms with Crippen molar-refractivity contribution in [2.75, 3.05) is 5.75 Å². The van der Waals surface area contributed by atoms with Crippen molar-refractivity contribution in [2.45, 2.75) is 57.4 Å². The maximum atomic E-state index is 9.27. The number of unbranched alkanes of at least 4 members (excludes halogenated alkanes) is 1. The molecule has 0 amide bonds. The lowest BCUT2D eigenvalue weighted by molar-refractivity contribution is 0.372. The third kappa shape index (κ3) is 6.98. The summed E-state index contributed by atoms with van der Waals surface area (Å²) in [5.41, 5.74) is 1.01. The number of rotatable bonds is 9. The molecular weight excluding hydrogens is 264 g/mol. The predicted molar refractivity (Wildman–Crippen MR) is 88.7 cm³/mol. The molecule has 1 unspecified atom stereocenters. The molecule has 0 saturated heterocycles. The number of hydrogen-bond donors (Lipinski definition) is 1. The molecule has 1 aromatic rings. The van der Waals surface area contributed by atoms with Crippen LogP contribution in [0.1, 0.15) is 45.6 Å². The molecule has 1 rings (SSSR count). The minimum Gasteiger partial charge on any atom is -0.297 e. The molecule has 0 aliphatic carbocycles. The minimum atomic E-state index is -0.377. The number of nitriles is 1. The molecule has 0 heterocycles. The first-order chi connectivity index (χ1) is 9.56. The van der Waals surface area contributed by atoms with E-state index in [9.17, 15) is 5.26 Å². The van der Waals surface area contributed by atoms with E-state index in [-0.39, 0.29) is 5.54 Å². The standard InChI is InChI=1S/C17H26N2S/c1-15(2)19-17(3,14-18)11-7-8-12-20-13-16-9-5-4-6-10-16/h4-6,9-10,15,19H,7-8,11-13H2,1-3H3. The zero-order valence-electron chi connectivity index (χ0n) is 12.9. The lowest BCUT2D eigenvalue weighted by Gasteiger charge is -2.25. The van der Waals surface area contributed by atoms with E-state index in [1.54, 1.807) is 0 Å². The Bertz CT molecular complexity index is 411.